The molecule has 3 aromatic rings. The van der Waals surface area contributed by atoms with Gasteiger partial charge in [0.1, 0.15) is 4.83 Å². The number of hydrogen-bond acceptors (Lipinski definition) is 4. The van der Waals surface area contributed by atoms with Gasteiger partial charge in [0.2, 0.25) is 0 Å². The van der Waals surface area contributed by atoms with Crippen molar-refractivity contribution in [2.75, 3.05) is 5.32 Å². The number of amides is 1. The molecule has 1 amide bonds. The van der Waals surface area contributed by atoms with Gasteiger partial charge in [0, 0.05) is 25.2 Å². The van der Waals surface area contributed by atoms with Crippen molar-refractivity contribution in [3.05, 3.63) is 29.0 Å². The van der Waals surface area contributed by atoms with E-state index in [0.717, 1.165) is 16.0 Å². The number of rotatable bonds is 3. The Morgan fingerprint density at radius 2 is 2.17 bits per heavy atom. The van der Waals surface area contributed by atoms with Gasteiger partial charge in [-0.15, -0.1) is 11.3 Å². The second kappa shape index (κ2) is 5.37. The van der Waals surface area contributed by atoms with Crippen LogP contribution < -0.4 is 5.32 Å². The molecular weight excluding hydrogens is 331 g/mol. The van der Waals surface area contributed by atoms with E-state index in [1.807, 2.05) is 6.92 Å². The molecule has 10 heteroatoms. The lowest BCUT2D eigenvalue weighted by atomic mass is 10.2. The number of halogens is 3. The minimum absolute atomic E-state index is 0.0700. The molecule has 0 radical (unpaired) electrons. The number of thiophene rings is 1. The summed E-state index contributed by atoms with van der Waals surface area (Å²) in [7, 11) is 1.42. The number of anilines is 1. The first kappa shape index (κ1) is 15.5. The number of hydrogen-bond donors (Lipinski definition) is 1. The van der Waals surface area contributed by atoms with Gasteiger partial charge in [0.15, 0.2) is 5.69 Å². The van der Waals surface area contributed by atoms with Crippen LogP contribution in [0.1, 0.15) is 22.3 Å². The van der Waals surface area contributed by atoms with E-state index in [-0.39, 0.29) is 10.3 Å². The van der Waals surface area contributed by atoms with Crippen molar-refractivity contribution in [2.24, 2.45) is 7.05 Å². The predicted molar refractivity (Wildman–Crippen MR) is 79.4 cm³/mol. The lowest BCUT2D eigenvalue weighted by Crippen LogP contribution is -2.10. The molecule has 0 aliphatic rings. The van der Waals surface area contributed by atoms with Crippen molar-refractivity contribution in [2.45, 2.75) is 19.6 Å². The predicted octanol–water partition coefficient (Wildman–Crippen LogP) is 3.12. The first-order valence-corrected chi connectivity index (χ1v) is 7.48. The summed E-state index contributed by atoms with van der Waals surface area (Å²) in [5.74, 6) is -0.477. The SMILES string of the molecule is CCn1cc(NC(=O)c2cc3c(C(F)(F)F)nn(C)c3s2)cn1. The fourth-order valence-electron chi connectivity index (χ4n) is 2.16. The van der Waals surface area contributed by atoms with Gasteiger partial charge in [-0.25, -0.2) is 0 Å². The molecule has 0 saturated carbocycles. The van der Waals surface area contributed by atoms with Crippen LogP contribution in [0.5, 0.6) is 0 Å². The summed E-state index contributed by atoms with van der Waals surface area (Å²) in [4.78, 5) is 12.7. The Hall–Kier alpha value is -2.36. The molecule has 0 spiro atoms. The number of fused-ring (bicyclic) bond motifs is 1. The average molecular weight is 343 g/mol. The molecule has 0 aliphatic heterocycles. The molecule has 0 bridgehead atoms. The van der Waals surface area contributed by atoms with Crippen molar-refractivity contribution in [1.82, 2.24) is 19.6 Å². The molecular formula is C13H12F3N5OS. The Morgan fingerprint density at radius 3 is 2.78 bits per heavy atom. The van der Waals surface area contributed by atoms with Gasteiger partial charge in [-0.2, -0.15) is 23.4 Å². The van der Waals surface area contributed by atoms with E-state index in [4.69, 9.17) is 0 Å². The molecule has 3 heterocycles. The molecule has 0 saturated heterocycles. The highest BCUT2D eigenvalue weighted by Crippen LogP contribution is 2.37. The number of nitrogens with one attached hydrogen (secondary N) is 1. The van der Waals surface area contributed by atoms with Gasteiger partial charge in [0.25, 0.3) is 5.91 Å². The van der Waals surface area contributed by atoms with E-state index in [1.165, 1.54) is 19.3 Å². The number of nitrogens with zero attached hydrogens (tertiary/aromatic N) is 4. The van der Waals surface area contributed by atoms with Crippen LogP contribution in [0.4, 0.5) is 18.9 Å². The van der Waals surface area contributed by atoms with Crippen LogP contribution in [0.3, 0.4) is 0 Å². The maximum absolute atomic E-state index is 12.9. The van der Waals surface area contributed by atoms with Crippen LogP contribution in [0.15, 0.2) is 18.5 Å². The Bertz CT molecular complexity index is 876. The van der Waals surface area contributed by atoms with E-state index in [9.17, 15) is 18.0 Å². The number of carbonyl (C=O) groups excluding carboxylic acids is 1. The minimum atomic E-state index is -4.56. The summed E-state index contributed by atoms with van der Waals surface area (Å²) in [6.07, 6.45) is -1.43. The normalized spacial score (nSPS) is 12.0. The molecule has 0 unspecified atom stereocenters. The largest absolute Gasteiger partial charge is 0.435 e. The van der Waals surface area contributed by atoms with Crippen molar-refractivity contribution in [3.63, 3.8) is 0 Å². The second-order valence-corrected chi connectivity index (χ2v) is 5.87. The maximum Gasteiger partial charge on any atom is 0.435 e. The molecule has 3 rings (SSSR count). The zero-order valence-electron chi connectivity index (χ0n) is 12.2. The molecule has 0 fully saturated rings. The summed E-state index contributed by atoms with van der Waals surface area (Å²) in [5, 5.41) is 10.0. The highest BCUT2D eigenvalue weighted by atomic mass is 32.1. The molecule has 23 heavy (non-hydrogen) atoms. The molecule has 0 aliphatic carbocycles. The highest BCUT2D eigenvalue weighted by Gasteiger charge is 2.37. The van der Waals surface area contributed by atoms with Crippen molar-refractivity contribution >= 4 is 33.1 Å². The number of aromatic nitrogens is 4. The molecule has 0 atom stereocenters. The van der Waals surface area contributed by atoms with Crippen LogP contribution in [0, 0.1) is 0 Å². The standard InChI is InChI=1S/C13H12F3N5OS/c1-3-21-6-7(5-17-21)18-11(22)9-4-8-10(13(14,15)16)19-20(2)12(8)23-9/h4-6H,3H2,1-2H3,(H,18,22). The van der Waals surface area contributed by atoms with Gasteiger partial charge in [-0.1, -0.05) is 0 Å². The summed E-state index contributed by atoms with van der Waals surface area (Å²) < 4.78 is 41.6. The van der Waals surface area contributed by atoms with Crippen LogP contribution in [-0.4, -0.2) is 25.5 Å². The third kappa shape index (κ3) is 2.81. The van der Waals surface area contributed by atoms with Crippen molar-refractivity contribution in [3.8, 4) is 0 Å². The Kier molecular flexibility index (Phi) is 3.63. The topological polar surface area (TPSA) is 64.7 Å². The van der Waals surface area contributed by atoms with E-state index in [0.29, 0.717) is 17.1 Å². The van der Waals surface area contributed by atoms with Gasteiger partial charge in [-0.3, -0.25) is 14.2 Å². The minimum Gasteiger partial charge on any atom is -0.319 e. The maximum atomic E-state index is 12.9. The smallest absolute Gasteiger partial charge is 0.319 e. The monoisotopic (exact) mass is 343 g/mol. The van der Waals surface area contributed by atoms with Crippen molar-refractivity contribution in [1.29, 1.82) is 0 Å². The highest BCUT2D eigenvalue weighted by molar-refractivity contribution is 7.20. The van der Waals surface area contributed by atoms with Gasteiger partial charge in [-0.05, 0) is 13.0 Å². The van der Waals surface area contributed by atoms with Gasteiger partial charge in [0.05, 0.1) is 16.8 Å². The summed E-state index contributed by atoms with van der Waals surface area (Å²) >= 11 is 0.962. The van der Waals surface area contributed by atoms with Gasteiger partial charge < -0.3 is 5.32 Å². The van der Waals surface area contributed by atoms with Crippen LogP contribution in [-0.2, 0) is 19.8 Å². The van der Waals surface area contributed by atoms with E-state index in [2.05, 4.69) is 15.5 Å². The molecule has 0 aromatic carbocycles. The quantitative estimate of drug-likeness (QED) is 0.795. The average Bonchev–Trinajstić information content (AvgIpc) is 3.14. The first-order valence-electron chi connectivity index (χ1n) is 6.67. The second-order valence-electron chi connectivity index (χ2n) is 4.84. The van der Waals surface area contributed by atoms with E-state index in [1.54, 1.807) is 10.9 Å². The van der Waals surface area contributed by atoms with Crippen LogP contribution in [0.25, 0.3) is 10.2 Å². The van der Waals surface area contributed by atoms with Crippen LogP contribution in [0.2, 0.25) is 0 Å². The summed E-state index contributed by atoms with van der Waals surface area (Å²) in [6, 6.07) is 1.22. The summed E-state index contributed by atoms with van der Waals surface area (Å²) in [6.45, 7) is 2.55. The molecule has 3 aromatic heterocycles. The van der Waals surface area contributed by atoms with Crippen molar-refractivity contribution < 1.29 is 18.0 Å². The fourth-order valence-corrected chi connectivity index (χ4v) is 3.12. The lowest BCUT2D eigenvalue weighted by molar-refractivity contribution is -0.140. The number of carbonyl (C=O) groups is 1. The van der Waals surface area contributed by atoms with Gasteiger partial charge >= 0.3 is 6.18 Å². The van der Waals surface area contributed by atoms with E-state index < -0.39 is 17.8 Å². The molecule has 1 N–H and O–H groups in total. The Morgan fingerprint density at radius 1 is 1.43 bits per heavy atom. The third-order valence-corrected chi connectivity index (χ3v) is 4.42. The molecule has 6 nitrogen and oxygen atoms in total. The third-order valence-electron chi connectivity index (χ3n) is 3.22. The Labute approximate surface area is 132 Å². The zero-order chi connectivity index (χ0) is 16.8. The Balaban J connectivity index is 1.92. The summed E-state index contributed by atoms with van der Waals surface area (Å²) in [5.41, 5.74) is -0.493. The van der Waals surface area contributed by atoms with Crippen LogP contribution >= 0.6 is 11.3 Å². The number of aryl methyl sites for hydroxylation is 2. The zero-order valence-corrected chi connectivity index (χ0v) is 13.0. The van der Waals surface area contributed by atoms with E-state index >= 15 is 0 Å². The fraction of sp³-hybridized carbons (Fsp3) is 0.308. The first-order chi connectivity index (χ1) is 10.8. The molecule has 122 valence electrons. The number of alkyl halides is 3. The lowest BCUT2D eigenvalue weighted by Gasteiger charge is -2.01.